The molecule has 0 saturated heterocycles. The Labute approximate surface area is 111 Å². The number of ether oxygens (including phenoxy) is 1. The van der Waals surface area contributed by atoms with Crippen molar-refractivity contribution in [3.05, 3.63) is 35.9 Å². The zero-order chi connectivity index (χ0) is 14.3. The van der Waals surface area contributed by atoms with Gasteiger partial charge in [0.1, 0.15) is 6.04 Å². The van der Waals surface area contributed by atoms with Gasteiger partial charge in [-0.25, -0.2) is 4.79 Å². The van der Waals surface area contributed by atoms with Crippen LogP contribution in [-0.4, -0.2) is 30.1 Å². The van der Waals surface area contributed by atoms with Crippen molar-refractivity contribution >= 4 is 11.9 Å². The minimum Gasteiger partial charge on any atom is -0.467 e. The number of aliphatic hydroxyl groups is 1. The van der Waals surface area contributed by atoms with Crippen LogP contribution in [-0.2, 0) is 14.3 Å². The quantitative estimate of drug-likeness (QED) is 0.594. The van der Waals surface area contributed by atoms with Crippen LogP contribution in [0.2, 0.25) is 0 Å². The zero-order valence-corrected chi connectivity index (χ0v) is 10.5. The fourth-order valence-electron chi connectivity index (χ4n) is 1.49. The predicted octanol–water partition coefficient (Wildman–Crippen LogP) is 0.401. The normalized spacial score (nSPS) is 12.9. The maximum atomic E-state index is 11.8. The van der Waals surface area contributed by atoms with Crippen molar-refractivity contribution in [2.75, 3.05) is 7.11 Å². The van der Waals surface area contributed by atoms with E-state index in [-0.39, 0.29) is 6.42 Å². The number of esters is 1. The molecule has 0 aliphatic heterocycles. The van der Waals surface area contributed by atoms with Gasteiger partial charge >= 0.3 is 5.97 Å². The molecular formula is C14H15NO4. The lowest BCUT2D eigenvalue weighted by molar-refractivity contribution is -0.146. The molecule has 0 aliphatic rings. The smallest absolute Gasteiger partial charge is 0.329 e. The number of rotatable bonds is 5. The highest BCUT2D eigenvalue weighted by atomic mass is 16.5. The number of terminal acetylenes is 1. The van der Waals surface area contributed by atoms with E-state index in [1.807, 2.05) is 0 Å². The molecule has 0 aromatic heterocycles. The first-order valence-corrected chi connectivity index (χ1v) is 5.64. The molecule has 0 radical (unpaired) electrons. The summed E-state index contributed by atoms with van der Waals surface area (Å²) in [7, 11) is 1.20. The summed E-state index contributed by atoms with van der Waals surface area (Å²) >= 11 is 0. The summed E-state index contributed by atoms with van der Waals surface area (Å²) in [5, 5.41) is 12.2. The van der Waals surface area contributed by atoms with Crippen LogP contribution in [0.3, 0.4) is 0 Å². The Morgan fingerprint density at radius 3 is 2.58 bits per heavy atom. The van der Waals surface area contributed by atoms with Crippen LogP contribution in [0.1, 0.15) is 18.1 Å². The fraction of sp³-hybridized carbons (Fsp3) is 0.286. The van der Waals surface area contributed by atoms with Gasteiger partial charge in [-0.3, -0.25) is 4.79 Å². The number of carbonyl (C=O) groups is 2. The topological polar surface area (TPSA) is 75.6 Å². The van der Waals surface area contributed by atoms with Crippen molar-refractivity contribution < 1.29 is 19.4 Å². The van der Waals surface area contributed by atoms with Gasteiger partial charge in [-0.15, -0.1) is 12.3 Å². The molecule has 0 bridgehead atoms. The lowest BCUT2D eigenvalue weighted by Gasteiger charge is -2.17. The highest BCUT2D eigenvalue weighted by molar-refractivity contribution is 5.87. The molecule has 0 unspecified atom stereocenters. The molecule has 0 aliphatic carbocycles. The van der Waals surface area contributed by atoms with E-state index in [0.29, 0.717) is 5.56 Å². The number of hydrogen-bond acceptors (Lipinski definition) is 4. The van der Waals surface area contributed by atoms with E-state index < -0.39 is 24.0 Å². The van der Waals surface area contributed by atoms with Crippen molar-refractivity contribution in [1.82, 2.24) is 5.32 Å². The van der Waals surface area contributed by atoms with Gasteiger partial charge in [0.2, 0.25) is 0 Å². The third-order valence-corrected chi connectivity index (χ3v) is 2.49. The Hall–Kier alpha value is -2.32. The molecular weight excluding hydrogens is 246 g/mol. The molecule has 100 valence electrons. The van der Waals surface area contributed by atoms with E-state index in [2.05, 4.69) is 16.0 Å². The number of amides is 1. The largest absolute Gasteiger partial charge is 0.467 e. The molecule has 0 heterocycles. The van der Waals surface area contributed by atoms with Crippen LogP contribution < -0.4 is 5.32 Å². The van der Waals surface area contributed by atoms with Crippen LogP contribution in [0.5, 0.6) is 0 Å². The van der Waals surface area contributed by atoms with Gasteiger partial charge in [-0.1, -0.05) is 30.3 Å². The Morgan fingerprint density at radius 1 is 1.42 bits per heavy atom. The van der Waals surface area contributed by atoms with E-state index >= 15 is 0 Å². The second-order valence-corrected chi connectivity index (χ2v) is 3.81. The summed E-state index contributed by atoms with van der Waals surface area (Å²) in [6.45, 7) is 0. The fourth-order valence-corrected chi connectivity index (χ4v) is 1.49. The Kier molecular flexibility index (Phi) is 5.58. The number of aliphatic hydroxyl groups excluding tert-OH is 1. The monoisotopic (exact) mass is 261 g/mol. The average molecular weight is 261 g/mol. The minimum atomic E-state index is -1.36. The van der Waals surface area contributed by atoms with Crippen LogP contribution in [0.15, 0.2) is 30.3 Å². The number of carbonyl (C=O) groups excluding carboxylic acids is 2. The summed E-state index contributed by atoms with van der Waals surface area (Å²) in [6, 6.07) is 7.43. The second kappa shape index (κ2) is 7.19. The van der Waals surface area contributed by atoms with Crippen LogP contribution in [0, 0.1) is 12.3 Å². The van der Waals surface area contributed by atoms with Gasteiger partial charge in [0, 0.05) is 6.42 Å². The molecule has 1 amide bonds. The van der Waals surface area contributed by atoms with E-state index in [1.165, 1.54) is 7.11 Å². The van der Waals surface area contributed by atoms with Crippen LogP contribution in [0.4, 0.5) is 0 Å². The summed E-state index contributed by atoms with van der Waals surface area (Å²) in [5.74, 6) is 0.926. The molecule has 2 N–H and O–H groups in total. The third-order valence-electron chi connectivity index (χ3n) is 2.49. The van der Waals surface area contributed by atoms with Crippen molar-refractivity contribution in [3.63, 3.8) is 0 Å². The Balaban J connectivity index is 2.72. The molecule has 2 atom stereocenters. The number of nitrogens with one attached hydrogen (secondary N) is 1. The molecule has 0 fully saturated rings. The molecule has 1 aromatic carbocycles. The lowest BCUT2D eigenvalue weighted by Crippen LogP contribution is -2.43. The zero-order valence-electron chi connectivity index (χ0n) is 10.5. The van der Waals surface area contributed by atoms with Crippen molar-refractivity contribution in [1.29, 1.82) is 0 Å². The Morgan fingerprint density at radius 2 is 2.05 bits per heavy atom. The second-order valence-electron chi connectivity index (χ2n) is 3.81. The highest BCUT2D eigenvalue weighted by Crippen LogP contribution is 2.12. The van der Waals surface area contributed by atoms with Crippen molar-refractivity contribution in [3.8, 4) is 12.3 Å². The van der Waals surface area contributed by atoms with Crippen molar-refractivity contribution in [2.24, 2.45) is 0 Å². The van der Waals surface area contributed by atoms with Gasteiger partial charge in [0.15, 0.2) is 6.10 Å². The summed E-state index contributed by atoms with van der Waals surface area (Å²) in [4.78, 5) is 23.2. The van der Waals surface area contributed by atoms with Gasteiger partial charge in [0.05, 0.1) is 7.11 Å². The molecule has 0 saturated carbocycles. The summed E-state index contributed by atoms with van der Waals surface area (Å²) in [5.41, 5.74) is 0.435. The molecule has 5 nitrogen and oxygen atoms in total. The van der Waals surface area contributed by atoms with Crippen LogP contribution >= 0.6 is 0 Å². The minimum absolute atomic E-state index is 0.0000764. The number of benzene rings is 1. The predicted molar refractivity (Wildman–Crippen MR) is 68.8 cm³/mol. The maximum absolute atomic E-state index is 11.8. The molecule has 1 aromatic rings. The summed E-state index contributed by atoms with van der Waals surface area (Å²) in [6.07, 6.45) is 3.76. The average Bonchev–Trinajstić information content (AvgIpc) is 2.46. The SMILES string of the molecule is C#CC[C@@H](NC(=O)[C@@H](O)c1ccccc1)C(=O)OC. The Bertz CT molecular complexity index is 478. The van der Waals surface area contributed by atoms with Gasteiger partial charge < -0.3 is 15.2 Å². The van der Waals surface area contributed by atoms with E-state index in [9.17, 15) is 14.7 Å². The van der Waals surface area contributed by atoms with Crippen molar-refractivity contribution in [2.45, 2.75) is 18.6 Å². The molecule has 0 spiro atoms. The first-order chi connectivity index (χ1) is 9.10. The molecule has 1 rings (SSSR count). The first-order valence-electron chi connectivity index (χ1n) is 5.64. The number of methoxy groups -OCH3 is 1. The van der Waals surface area contributed by atoms with Gasteiger partial charge in [-0.2, -0.15) is 0 Å². The van der Waals surface area contributed by atoms with E-state index in [4.69, 9.17) is 6.42 Å². The summed E-state index contributed by atoms with van der Waals surface area (Å²) < 4.78 is 4.52. The van der Waals surface area contributed by atoms with Crippen LogP contribution in [0.25, 0.3) is 0 Å². The standard InChI is InChI=1S/C14H15NO4/c1-3-7-11(14(18)19-2)15-13(17)12(16)10-8-5-4-6-9-10/h1,4-6,8-9,11-12,16H,7H2,2H3,(H,15,17)/t11-,12+/m1/s1. The molecule has 5 heteroatoms. The van der Waals surface area contributed by atoms with Gasteiger partial charge in [-0.05, 0) is 5.56 Å². The first kappa shape index (κ1) is 14.7. The maximum Gasteiger partial charge on any atom is 0.329 e. The van der Waals surface area contributed by atoms with E-state index in [0.717, 1.165) is 0 Å². The number of hydrogen-bond donors (Lipinski definition) is 2. The van der Waals surface area contributed by atoms with E-state index in [1.54, 1.807) is 30.3 Å². The lowest BCUT2D eigenvalue weighted by atomic mass is 10.1. The van der Waals surface area contributed by atoms with Gasteiger partial charge in [0.25, 0.3) is 5.91 Å². The molecule has 19 heavy (non-hydrogen) atoms. The highest BCUT2D eigenvalue weighted by Gasteiger charge is 2.25. The third kappa shape index (κ3) is 4.12.